The Balaban J connectivity index is 0.00000128. The van der Waals surface area contributed by atoms with E-state index in [0.717, 1.165) is 25.8 Å². The van der Waals surface area contributed by atoms with E-state index in [9.17, 15) is 8.78 Å². The van der Waals surface area contributed by atoms with Gasteiger partial charge in [0.1, 0.15) is 11.6 Å². The van der Waals surface area contributed by atoms with Crippen LogP contribution in [-0.2, 0) is 0 Å². The number of nitrogens with one attached hydrogen (secondary N) is 1. The zero-order valence-corrected chi connectivity index (χ0v) is 10.2. The molecule has 0 amide bonds. The normalized spacial score (nSPS) is 20.3. The molecule has 1 atom stereocenters. The molecule has 0 aliphatic carbocycles. The van der Waals surface area contributed by atoms with Crippen molar-refractivity contribution < 1.29 is 8.78 Å². The van der Waals surface area contributed by atoms with E-state index >= 15 is 0 Å². The fourth-order valence-corrected chi connectivity index (χ4v) is 2.13. The van der Waals surface area contributed by atoms with Crippen LogP contribution in [0.15, 0.2) is 12.1 Å². The Bertz CT molecular complexity index is 365. The maximum absolute atomic E-state index is 13.6. The van der Waals surface area contributed by atoms with Gasteiger partial charge in [-0.25, -0.2) is 8.78 Å². The maximum Gasteiger partial charge on any atom is 0.149 e. The zero-order valence-electron chi connectivity index (χ0n) is 8.60. The van der Waals surface area contributed by atoms with Crippen molar-refractivity contribution in [3.8, 4) is 0 Å². The van der Waals surface area contributed by atoms with Crippen molar-refractivity contribution in [3.05, 3.63) is 34.4 Å². The van der Waals surface area contributed by atoms with E-state index in [0.29, 0.717) is 0 Å². The Hall–Kier alpha value is -0.380. The predicted octanol–water partition coefficient (Wildman–Crippen LogP) is 3.85. The van der Waals surface area contributed by atoms with E-state index in [1.165, 1.54) is 12.1 Å². The second-order valence-electron chi connectivity index (χ2n) is 3.76. The standard InChI is InChI=1S/C11H12ClF2N.ClH/c12-7-4-5-8(13)10(11(7)14)9-3-1-2-6-15-9;/h4-5,9,15H,1-3,6H2;1H/t9-;/m1./s1. The molecular formula is C11H13Cl2F2N. The number of piperidine rings is 1. The van der Waals surface area contributed by atoms with Gasteiger partial charge in [0.25, 0.3) is 0 Å². The van der Waals surface area contributed by atoms with Crippen LogP contribution in [0.5, 0.6) is 0 Å². The van der Waals surface area contributed by atoms with Gasteiger partial charge in [-0.3, -0.25) is 0 Å². The van der Waals surface area contributed by atoms with Gasteiger partial charge in [0.2, 0.25) is 0 Å². The first-order valence-electron chi connectivity index (χ1n) is 5.07. The smallest absolute Gasteiger partial charge is 0.149 e. The molecule has 0 aromatic heterocycles. The van der Waals surface area contributed by atoms with E-state index < -0.39 is 11.6 Å². The molecule has 16 heavy (non-hydrogen) atoms. The molecule has 90 valence electrons. The van der Waals surface area contributed by atoms with E-state index in [2.05, 4.69) is 5.32 Å². The first kappa shape index (κ1) is 13.7. The molecule has 0 bridgehead atoms. The summed E-state index contributed by atoms with van der Waals surface area (Å²) in [6.07, 6.45) is 2.80. The molecule has 1 aromatic rings. The van der Waals surface area contributed by atoms with Gasteiger partial charge in [-0.2, -0.15) is 0 Å². The Morgan fingerprint density at radius 2 is 2.00 bits per heavy atom. The largest absolute Gasteiger partial charge is 0.310 e. The number of hydrogen-bond acceptors (Lipinski definition) is 1. The molecule has 1 aromatic carbocycles. The van der Waals surface area contributed by atoms with Gasteiger partial charge in [0.05, 0.1) is 5.02 Å². The molecule has 1 aliphatic heterocycles. The molecule has 1 nitrogen and oxygen atoms in total. The Labute approximate surface area is 105 Å². The molecule has 0 spiro atoms. The van der Waals surface area contributed by atoms with E-state index in [1.54, 1.807) is 0 Å². The first-order chi connectivity index (χ1) is 7.20. The first-order valence-corrected chi connectivity index (χ1v) is 5.44. The van der Waals surface area contributed by atoms with E-state index in [4.69, 9.17) is 11.6 Å². The lowest BCUT2D eigenvalue weighted by Crippen LogP contribution is -2.28. The Morgan fingerprint density at radius 1 is 1.25 bits per heavy atom. The number of hydrogen-bond donors (Lipinski definition) is 1. The minimum Gasteiger partial charge on any atom is -0.310 e. The Morgan fingerprint density at radius 3 is 2.62 bits per heavy atom. The fraction of sp³-hybridized carbons (Fsp3) is 0.455. The van der Waals surface area contributed by atoms with Crippen molar-refractivity contribution in [2.45, 2.75) is 25.3 Å². The van der Waals surface area contributed by atoms with Crippen LogP contribution >= 0.6 is 24.0 Å². The fourth-order valence-electron chi connectivity index (χ4n) is 1.96. The van der Waals surface area contributed by atoms with Crippen molar-refractivity contribution in [1.82, 2.24) is 5.32 Å². The third kappa shape index (κ3) is 2.65. The summed E-state index contributed by atoms with van der Waals surface area (Å²) in [6.45, 7) is 0.802. The van der Waals surface area contributed by atoms with Crippen LogP contribution in [0.1, 0.15) is 30.9 Å². The van der Waals surface area contributed by atoms with E-state index in [1.807, 2.05) is 0 Å². The van der Waals surface area contributed by atoms with Crippen LogP contribution in [0.25, 0.3) is 0 Å². The quantitative estimate of drug-likeness (QED) is 0.763. The second kappa shape index (κ2) is 5.80. The monoisotopic (exact) mass is 267 g/mol. The van der Waals surface area contributed by atoms with Gasteiger partial charge in [0, 0.05) is 11.6 Å². The SMILES string of the molecule is Cl.Fc1ccc(Cl)c(F)c1[C@H]1CCCCN1. The van der Waals surface area contributed by atoms with Crippen molar-refractivity contribution in [2.75, 3.05) is 6.54 Å². The second-order valence-corrected chi connectivity index (χ2v) is 4.17. The van der Waals surface area contributed by atoms with Crippen LogP contribution in [-0.4, -0.2) is 6.54 Å². The van der Waals surface area contributed by atoms with Crippen molar-refractivity contribution in [3.63, 3.8) is 0 Å². The summed E-state index contributed by atoms with van der Waals surface area (Å²) in [5.74, 6) is -1.15. The van der Waals surface area contributed by atoms with Crippen LogP contribution in [0, 0.1) is 11.6 Å². The lowest BCUT2D eigenvalue weighted by atomic mass is 9.96. The molecule has 1 aliphatic rings. The number of rotatable bonds is 1. The van der Waals surface area contributed by atoms with Gasteiger partial charge in [0.15, 0.2) is 0 Å². The molecule has 5 heteroatoms. The molecule has 0 unspecified atom stereocenters. The zero-order chi connectivity index (χ0) is 10.8. The lowest BCUT2D eigenvalue weighted by Gasteiger charge is -2.24. The summed E-state index contributed by atoms with van der Waals surface area (Å²) >= 11 is 5.64. The third-order valence-electron chi connectivity index (χ3n) is 2.74. The maximum atomic E-state index is 13.6. The lowest BCUT2D eigenvalue weighted by molar-refractivity contribution is 0.385. The topological polar surface area (TPSA) is 12.0 Å². The number of benzene rings is 1. The molecule has 0 radical (unpaired) electrons. The highest BCUT2D eigenvalue weighted by Crippen LogP contribution is 2.30. The molecule has 1 fully saturated rings. The summed E-state index contributed by atoms with van der Waals surface area (Å²) < 4.78 is 27.1. The van der Waals surface area contributed by atoms with Crippen LogP contribution < -0.4 is 5.32 Å². The van der Waals surface area contributed by atoms with Crippen LogP contribution in [0.2, 0.25) is 5.02 Å². The predicted molar refractivity (Wildman–Crippen MR) is 63.2 cm³/mol. The molecule has 1 N–H and O–H groups in total. The summed E-state index contributed by atoms with van der Waals surface area (Å²) in [5, 5.41) is 3.09. The van der Waals surface area contributed by atoms with Crippen LogP contribution in [0.4, 0.5) is 8.78 Å². The Kier molecular flexibility index (Phi) is 4.96. The molecule has 1 saturated heterocycles. The molecule has 2 rings (SSSR count). The summed E-state index contributed by atoms with van der Waals surface area (Å²) in [7, 11) is 0. The van der Waals surface area contributed by atoms with Crippen molar-refractivity contribution >= 4 is 24.0 Å². The van der Waals surface area contributed by atoms with Gasteiger partial charge in [-0.15, -0.1) is 12.4 Å². The summed E-state index contributed by atoms with van der Waals surface area (Å²) in [5.41, 5.74) is 0.0854. The molecule has 0 saturated carbocycles. The summed E-state index contributed by atoms with van der Waals surface area (Å²) in [4.78, 5) is 0. The van der Waals surface area contributed by atoms with E-state index in [-0.39, 0.29) is 29.0 Å². The molecule has 1 heterocycles. The average Bonchev–Trinajstić information content (AvgIpc) is 2.26. The summed E-state index contributed by atoms with van der Waals surface area (Å²) in [6, 6.07) is 2.23. The van der Waals surface area contributed by atoms with Gasteiger partial charge < -0.3 is 5.32 Å². The highest BCUT2D eigenvalue weighted by Gasteiger charge is 2.23. The van der Waals surface area contributed by atoms with Gasteiger partial charge in [-0.1, -0.05) is 18.0 Å². The number of halogens is 4. The average molecular weight is 268 g/mol. The molecular weight excluding hydrogens is 255 g/mol. The van der Waals surface area contributed by atoms with Crippen molar-refractivity contribution in [1.29, 1.82) is 0 Å². The van der Waals surface area contributed by atoms with Gasteiger partial charge >= 0.3 is 0 Å². The minimum atomic E-state index is -0.629. The third-order valence-corrected chi connectivity index (χ3v) is 3.03. The van der Waals surface area contributed by atoms with Gasteiger partial charge in [-0.05, 0) is 31.5 Å². The van der Waals surface area contributed by atoms with Crippen LogP contribution in [0.3, 0.4) is 0 Å². The minimum absolute atomic E-state index is 0. The van der Waals surface area contributed by atoms with Crippen molar-refractivity contribution in [2.24, 2.45) is 0 Å². The highest BCUT2D eigenvalue weighted by atomic mass is 35.5. The highest BCUT2D eigenvalue weighted by molar-refractivity contribution is 6.30.